The molecule has 2 aromatic carbocycles. The fourth-order valence-corrected chi connectivity index (χ4v) is 6.26. The summed E-state index contributed by atoms with van der Waals surface area (Å²) in [4.78, 5) is 36.0. The van der Waals surface area contributed by atoms with Crippen molar-refractivity contribution in [3.8, 4) is 0 Å². The van der Waals surface area contributed by atoms with E-state index in [0.717, 1.165) is 90.6 Å². The minimum Gasteiger partial charge on any atom is -0.381 e. The number of Topliss-reactive ketones (excluding diaryl/α,β-unsaturated/α-hetero) is 2. The molecule has 0 atom stereocenters. The van der Waals surface area contributed by atoms with Gasteiger partial charge in [-0.2, -0.15) is 0 Å². The van der Waals surface area contributed by atoms with Crippen LogP contribution in [0, 0.1) is 0 Å². The van der Waals surface area contributed by atoms with Gasteiger partial charge in [0.1, 0.15) is 11.4 Å². The lowest BCUT2D eigenvalue weighted by molar-refractivity contribution is 0.0959. The minimum absolute atomic E-state index is 0.191. The van der Waals surface area contributed by atoms with Crippen molar-refractivity contribution in [2.45, 2.75) is 57.4 Å². The minimum atomic E-state index is 0.191. The van der Waals surface area contributed by atoms with E-state index in [1.165, 1.54) is 18.5 Å². The normalized spacial score (nSPS) is 18.6. The van der Waals surface area contributed by atoms with Crippen LogP contribution in [0.15, 0.2) is 48.5 Å². The highest BCUT2D eigenvalue weighted by atomic mass is 16.5. The number of ketones is 2. The second-order valence-corrected chi connectivity index (χ2v) is 11.2. The zero-order valence-corrected chi connectivity index (χ0v) is 22.7. The molecule has 3 heterocycles. The van der Waals surface area contributed by atoms with Crippen LogP contribution in [-0.2, 0) is 17.6 Å². The SMILES string of the molecule is O=C1CCCc2c1nc1ccccc1c2N1CCOCC1.O=C1CCCc2c1nc1ccccc1c2NC1CC1. The number of benzene rings is 2. The highest BCUT2D eigenvalue weighted by Gasteiger charge is 2.29. The number of pyridine rings is 2. The fraction of sp³-hybridized carbons (Fsp3) is 0.394. The van der Waals surface area contributed by atoms with E-state index in [1.807, 2.05) is 36.4 Å². The number of morpholine rings is 1. The molecule has 0 unspecified atom stereocenters. The van der Waals surface area contributed by atoms with Crippen LogP contribution in [0.1, 0.15) is 70.6 Å². The third-order valence-electron chi connectivity index (χ3n) is 8.40. The maximum Gasteiger partial charge on any atom is 0.181 e. The Kier molecular flexibility index (Phi) is 6.68. The van der Waals surface area contributed by atoms with E-state index in [0.29, 0.717) is 30.3 Å². The van der Waals surface area contributed by atoms with E-state index in [9.17, 15) is 9.59 Å². The van der Waals surface area contributed by atoms with E-state index in [1.54, 1.807) is 0 Å². The first-order valence-electron chi connectivity index (χ1n) is 14.7. The molecule has 8 rings (SSSR count). The summed E-state index contributed by atoms with van der Waals surface area (Å²) in [5.41, 5.74) is 7.92. The first-order valence-corrected chi connectivity index (χ1v) is 14.7. The molecular weight excluding hydrogens is 500 g/mol. The average molecular weight is 535 g/mol. The molecule has 2 aromatic heterocycles. The number of nitrogens with zero attached hydrogens (tertiary/aromatic N) is 3. The first-order chi connectivity index (χ1) is 19.7. The molecule has 204 valence electrons. The van der Waals surface area contributed by atoms with Crippen LogP contribution >= 0.6 is 0 Å². The molecule has 1 saturated heterocycles. The number of para-hydroxylation sites is 2. The average Bonchev–Trinajstić information content (AvgIpc) is 3.82. The van der Waals surface area contributed by atoms with Gasteiger partial charge >= 0.3 is 0 Å². The number of rotatable bonds is 3. The Balaban J connectivity index is 0.000000133. The summed E-state index contributed by atoms with van der Waals surface area (Å²) in [6, 6.07) is 16.9. The smallest absolute Gasteiger partial charge is 0.181 e. The van der Waals surface area contributed by atoms with Gasteiger partial charge in [-0.05, 0) is 50.7 Å². The number of carbonyl (C=O) groups is 2. The van der Waals surface area contributed by atoms with Crippen molar-refractivity contribution in [3.63, 3.8) is 0 Å². The van der Waals surface area contributed by atoms with Crippen molar-refractivity contribution in [1.29, 1.82) is 0 Å². The van der Waals surface area contributed by atoms with Gasteiger partial charge in [-0.3, -0.25) is 9.59 Å². The lowest BCUT2D eigenvalue weighted by Crippen LogP contribution is -2.37. The Labute approximate surface area is 233 Å². The van der Waals surface area contributed by atoms with Crippen molar-refractivity contribution in [1.82, 2.24) is 9.97 Å². The molecule has 0 amide bonds. The molecule has 1 saturated carbocycles. The Morgan fingerprint density at radius 3 is 1.98 bits per heavy atom. The quantitative estimate of drug-likeness (QED) is 0.349. The van der Waals surface area contributed by atoms with E-state index in [2.05, 4.69) is 32.3 Å². The zero-order chi connectivity index (χ0) is 27.1. The van der Waals surface area contributed by atoms with Gasteiger partial charge in [-0.25, -0.2) is 9.97 Å². The zero-order valence-electron chi connectivity index (χ0n) is 22.7. The lowest BCUT2D eigenvalue weighted by Gasteiger charge is -2.33. The largest absolute Gasteiger partial charge is 0.381 e. The summed E-state index contributed by atoms with van der Waals surface area (Å²) in [7, 11) is 0. The van der Waals surface area contributed by atoms with Crippen LogP contribution in [-0.4, -0.2) is 53.9 Å². The van der Waals surface area contributed by atoms with Gasteiger partial charge in [0.2, 0.25) is 0 Å². The standard InChI is InChI=1S/C17H18N2O2.C16H16N2O/c20-15-7-3-5-13-16(15)18-14-6-2-1-4-12(14)17(13)19-8-10-21-11-9-19;19-14-7-3-5-12-15(17-10-8-9-10)11-4-1-2-6-13(11)18-16(12)14/h1-2,4,6H,3,5,7-11H2;1-2,4,6,10H,3,5,7-9H2,(H,17,18). The monoisotopic (exact) mass is 534 g/mol. The molecule has 3 aliphatic carbocycles. The number of carbonyl (C=O) groups excluding carboxylic acids is 2. The molecule has 4 aromatic rings. The molecule has 1 N–H and O–H groups in total. The van der Waals surface area contributed by atoms with Gasteiger partial charge in [-0.15, -0.1) is 0 Å². The second kappa shape index (κ2) is 10.6. The van der Waals surface area contributed by atoms with Crippen LogP contribution in [0.3, 0.4) is 0 Å². The third-order valence-corrected chi connectivity index (χ3v) is 8.40. The van der Waals surface area contributed by atoms with E-state index < -0.39 is 0 Å². The number of hydrogen-bond acceptors (Lipinski definition) is 7. The van der Waals surface area contributed by atoms with Gasteiger partial charge in [0.25, 0.3) is 0 Å². The van der Waals surface area contributed by atoms with Crippen LogP contribution in [0.4, 0.5) is 11.4 Å². The van der Waals surface area contributed by atoms with E-state index >= 15 is 0 Å². The molecule has 7 heteroatoms. The van der Waals surface area contributed by atoms with Crippen LogP contribution in [0.2, 0.25) is 0 Å². The molecule has 0 bridgehead atoms. The molecule has 2 fully saturated rings. The lowest BCUT2D eigenvalue weighted by atomic mass is 9.91. The van der Waals surface area contributed by atoms with Crippen molar-refractivity contribution in [2.24, 2.45) is 0 Å². The van der Waals surface area contributed by atoms with Gasteiger partial charge in [-0.1, -0.05) is 36.4 Å². The predicted octanol–water partition coefficient (Wildman–Crippen LogP) is 5.92. The molecule has 1 aliphatic heterocycles. The number of nitrogens with one attached hydrogen (secondary N) is 1. The van der Waals surface area contributed by atoms with Gasteiger partial charge in [0, 0.05) is 59.6 Å². The fourth-order valence-electron chi connectivity index (χ4n) is 6.26. The van der Waals surface area contributed by atoms with Gasteiger partial charge < -0.3 is 15.0 Å². The van der Waals surface area contributed by atoms with E-state index in [-0.39, 0.29) is 11.6 Å². The van der Waals surface area contributed by atoms with Crippen molar-refractivity contribution in [3.05, 3.63) is 71.0 Å². The Morgan fingerprint density at radius 1 is 0.725 bits per heavy atom. The molecule has 0 radical (unpaired) electrons. The highest BCUT2D eigenvalue weighted by molar-refractivity contribution is 6.05. The molecular formula is C33H34N4O3. The van der Waals surface area contributed by atoms with E-state index in [4.69, 9.17) is 4.74 Å². The molecule has 4 aliphatic rings. The third kappa shape index (κ3) is 4.73. The molecule has 40 heavy (non-hydrogen) atoms. The van der Waals surface area contributed by atoms with Crippen molar-refractivity contribution < 1.29 is 14.3 Å². The topological polar surface area (TPSA) is 84.4 Å². The van der Waals surface area contributed by atoms with Crippen LogP contribution in [0.5, 0.6) is 0 Å². The van der Waals surface area contributed by atoms with Crippen molar-refractivity contribution >= 4 is 44.7 Å². The number of ether oxygens (including phenoxy) is 1. The Bertz CT molecular complexity index is 1620. The van der Waals surface area contributed by atoms with Gasteiger partial charge in [0.15, 0.2) is 11.6 Å². The maximum absolute atomic E-state index is 12.3. The second-order valence-electron chi connectivity index (χ2n) is 11.2. The summed E-state index contributed by atoms with van der Waals surface area (Å²) >= 11 is 0. The predicted molar refractivity (Wildman–Crippen MR) is 158 cm³/mol. The number of fused-ring (bicyclic) bond motifs is 4. The molecule has 7 nitrogen and oxygen atoms in total. The highest BCUT2D eigenvalue weighted by Crippen LogP contribution is 2.37. The van der Waals surface area contributed by atoms with Crippen molar-refractivity contribution in [2.75, 3.05) is 36.5 Å². The summed E-state index contributed by atoms with van der Waals surface area (Å²) in [6.07, 6.45) is 7.54. The number of hydrogen-bond donors (Lipinski definition) is 1. The number of aromatic nitrogens is 2. The van der Waals surface area contributed by atoms with Crippen LogP contribution in [0.25, 0.3) is 21.8 Å². The molecule has 0 spiro atoms. The summed E-state index contributed by atoms with van der Waals surface area (Å²) in [5.74, 6) is 0.391. The van der Waals surface area contributed by atoms with Crippen LogP contribution < -0.4 is 10.2 Å². The Morgan fingerprint density at radius 2 is 1.30 bits per heavy atom. The summed E-state index contributed by atoms with van der Waals surface area (Å²) < 4.78 is 5.47. The maximum atomic E-state index is 12.3. The number of anilines is 2. The van der Waals surface area contributed by atoms with Gasteiger partial charge in [0.05, 0.1) is 29.9 Å². The summed E-state index contributed by atoms with van der Waals surface area (Å²) in [6.45, 7) is 3.27. The first kappa shape index (κ1) is 25.1. The Hall–Kier alpha value is -3.84. The summed E-state index contributed by atoms with van der Waals surface area (Å²) in [5, 5.41) is 5.93.